The normalized spacial score (nSPS) is 21.2. The van der Waals surface area contributed by atoms with Crippen molar-refractivity contribution in [1.29, 1.82) is 0 Å². The Morgan fingerprint density at radius 1 is 1.20 bits per heavy atom. The molecular formula is C16H14F3N5O. The summed E-state index contributed by atoms with van der Waals surface area (Å²) in [6.07, 6.45) is -0.358. The van der Waals surface area contributed by atoms with Crippen molar-refractivity contribution >= 4 is 11.5 Å². The van der Waals surface area contributed by atoms with E-state index in [1.165, 1.54) is 24.7 Å². The predicted octanol–water partition coefficient (Wildman–Crippen LogP) is 2.46. The Morgan fingerprint density at radius 2 is 2.00 bits per heavy atom. The van der Waals surface area contributed by atoms with Gasteiger partial charge in [0.15, 0.2) is 5.82 Å². The Kier molecular flexibility index (Phi) is 3.60. The van der Waals surface area contributed by atoms with Crippen molar-refractivity contribution in [2.24, 2.45) is 0 Å². The smallest absolute Gasteiger partial charge is 0.391 e. The average Bonchev–Trinajstić information content (AvgIpc) is 3.20. The second-order valence-corrected chi connectivity index (χ2v) is 5.96. The number of alkyl halides is 3. The highest BCUT2D eigenvalue weighted by Gasteiger charge is 2.40. The lowest BCUT2D eigenvalue weighted by atomic mass is 9.97. The standard InChI is InChI=1S/C16H14F3N5O/c17-16(18,19)12-4-2-1-3-11(12)13-7-10(25)8-24(13)14-15-22-21-9-23(15)6-5-20-14/h1-6,9-10,13,25H,7-8H2/t10-,13-/m1/s1. The summed E-state index contributed by atoms with van der Waals surface area (Å²) in [5.41, 5.74) is -0.145. The first kappa shape index (κ1) is 15.8. The van der Waals surface area contributed by atoms with E-state index in [1.807, 2.05) is 0 Å². The van der Waals surface area contributed by atoms with Crippen molar-refractivity contribution in [2.45, 2.75) is 24.7 Å². The number of halogens is 3. The first-order valence-corrected chi connectivity index (χ1v) is 7.70. The first-order valence-electron chi connectivity index (χ1n) is 7.70. The van der Waals surface area contributed by atoms with Crippen molar-refractivity contribution < 1.29 is 18.3 Å². The largest absolute Gasteiger partial charge is 0.416 e. The molecular weight excluding hydrogens is 335 g/mol. The molecule has 6 nitrogen and oxygen atoms in total. The number of benzene rings is 1. The van der Waals surface area contributed by atoms with E-state index < -0.39 is 23.9 Å². The van der Waals surface area contributed by atoms with Crippen LogP contribution >= 0.6 is 0 Å². The molecule has 9 heteroatoms. The summed E-state index contributed by atoms with van der Waals surface area (Å²) in [4.78, 5) is 5.94. The highest BCUT2D eigenvalue weighted by atomic mass is 19.4. The molecule has 3 aromatic rings. The third-order valence-corrected chi connectivity index (χ3v) is 4.37. The van der Waals surface area contributed by atoms with Crippen molar-refractivity contribution in [2.75, 3.05) is 11.4 Å². The van der Waals surface area contributed by atoms with Gasteiger partial charge >= 0.3 is 6.18 Å². The summed E-state index contributed by atoms with van der Waals surface area (Å²) in [5, 5.41) is 17.9. The van der Waals surface area contributed by atoms with Gasteiger partial charge in [-0.2, -0.15) is 13.2 Å². The molecule has 0 aliphatic carbocycles. The fourth-order valence-corrected chi connectivity index (χ4v) is 3.34. The summed E-state index contributed by atoms with van der Waals surface area (Å²) in [6, 6.07) is 4.78. The number of β-amino-alcohol motifs (C(OH)–C–C–N with tert-alkyl or cyclic N) is 1. The molecule has 1 aliphatic heterocycles. The van der Waals surface area contributed by atoms with Crippen LogP contribution in [-0.4, -0.2) is 37.3 Å². The van der Waals surface area contributed by atoms with E-state index in [1.54, 1.807) is 21.6 Å². The number of aromatic nitrogens is 4. The number of fused-ring (bicyclic) bond motifs is 1. The third-order valence-electron chi connectivity index (χ3n) is 4.37. The topological polar surface area (TPSA) is 66.5 Å². The zero-order chi connectivity index (χ0) is 17.6. The maximum absolute atomic E-state index is 13.4. The first-order chi connectivity index (χ1) is 11.9. The van der Waals surface area contributed by atoms with E-state index in [9.17, 15) is 18.3 Å². The summed E-state index contributed by atoms with van der Waals surface area (Å²) >= 11 is 0. The summed E-state index contributed by atoms with van der Waals surface area (Å²) < 4.78 is 41.9. The molecule has 2 atom stereocenters. The van der Waals surface area contributed by atoms with Gasteiger partial charge in [-0.05, 0) is 18.1 Å². The number of hydrogen-bond acceptors (Lipinski definition) is 5. The SMILES string of the molecule is O[C@@H]1C[C@H](c2ccccc2C(F)(F)F)N(c2nccn3cnnc23)C1. The van der Waals surface area contributed by atoms with E-state index in [2.05, 4.69) is 15.2 Å². The van der Waals surface area contributed by atoms with Crippen LogP contribution < -0.4 is 4.90 Å². The van der Waals surface area contributed by atoms with E-state index in [-0.39, 0.29) is 18.5 Å². The fourth-order valence-electron chi connectivity index (χ4n) is 3.34. The zero-order valence-electron chi connectivity index (χ0n) is 12.9. The number of nitrogens with zero attached hydrogens (tertiary/aromatic N) is 5. The lowest BCUT2D eigenvalue weighted by molar-refractivity contribution is -0.138. The van der Waals surface area contributed by atoms with Gasteiger partial charge in [0.2, 0.25) is 5.65 Å². The molecule has 0 bridgehead atoms. The molecule has 0 unspecified atom stereocenters. The van der Waals surface area contributed by atoms with Crippen molar-refractivity contribution in [3.63, 3.8) is 0 Å². The van der Waals surface area contributed by atoms with Crippen LogP contribution in [0.5, 0.6) is 0 Å². The average molecular weight is 349 g/mol. The van der Waals surface area contributed by atoms with Crippen molar-refractivity contribution in [3.05, 3.63) is 54.1 Å². The maximum atomic E-state index is 13.4. The van der Waals surface area contributed by atoms with Crippen LogP contribution in [0.3, 0.4) is 0 Å². The fraction of sp³-hybridized carbons (Fsp3) is 0.312. The van der Waals surface area contributed by atoms with Gasteiger partial charge in [0.1, 0.15) is 6.33 Å². The maximum Gasteiger partial charge on any atom is 0.416 e. The van der Waals surface area contributed by atoms with Gasteiger partial charge in [0.25, 0.3) is 0 Å². The summed E-state index contributed by atoms with van der Waals surface area (Å²) in [7, 11) is 0. The lowest BCUT2D eigenvalue weighted by Gasteiger charge is -2.27. The Bertz CT molecular complexity index is 910. The minimum atomic E-state index is -4.47. The van der Waals surface area contributed by atoms with Gasteiger partial charge in [-0.3, -0.25) is 4.40 Å². The Morgan fingerprint density at radius 3 is 2.80 bits per heavy atom. The van der Waals surface area contributed by atoms with Crippen LogP contribution in [0.15, 0.2) is 43.0 Å². The van der Waals surface area contributed by atoms with Crippen LogP contribution in [-0.2, 0) is 6.18 Å². The monoisotopic (exact) mass is 349 g/mol. The predicted molar refractivity (Wildman–Crippen MR) is 82.9 cm³/mol. The number of aliphatic hydroxyl groups excluding tert-OH is 1. The van der Waals surface area contributed by atoms with Crippen LogP contribution in [0.25, 0.3) is 5.65 Å². The molecule has 4 rings (SSSR count). The van der Waals surface area contributed by atoms with Crippen molar-refractivity contribution in [3.8, 4) is 0 Å². The summed E-state index contributed by atoms with van der Waals surface area (Å²) in [6.45, 7) is 0.177. The number of rotatable bonds is 2. The third kappa shape index (κ3) is 2.70. The minimum Gasteiger partial charge on any atom is -0.391 e. The van der Waals surface area contributed by atoms with Gasteiger partial charge in [0, 0.05) is 18.9 Å². The highest BCUT2D eigenvalue weighted by molar-refractivity contribution is 5.65. The molecule has 3 heterocycles. The molecule has 25 heavy (non-hydrogen) atoms. The Labute approximate surface area is 140 Å². The molecule has 1 N–H and O–H groups in total. The second-order valence-electron chi connectivity index (χ2n) is 5.96. The lowest BCUT2D eigenvalue weighted by Crippen LogP contribution is -2.27. The molecule has 1 aliphatic rings. The van der Waals surface area contributed by atoms with E-state index >= 15 is 0 Å². The zero-order valence-corrected chi connectivity index (χ0v) is 12.9. The van der Waals surface area contributed by atoms with Crippen molar-refractivity contribution in [1.82, 2.24) is 19.6 Å². The molecule has 1 aromatic carbocycles. The van der Waals surface area contributed by atoms with E-state index in [0.717, 1.165) is 6.07 Å². The molecule has 1 saturated heterocycles. The van der Waals surface area contributed by atoms with E-state index in [0.29, 0.717) is 11.5 Å². The molecule has 0 radical (unpaired) electrons. The van der Waals surface area contributed by atoms with Gasteiger partial charge in [-0.25, -0.2) is 4.98 Å². The highest BCUT2D eigenvalue weighted by Crippen LogP contribution is 2.42. The van der Waals surface area contributed by atoms with E-state index in [4.69, 9.17) is 0 Å². The van der Waals surface area contributed by atoms with Gasteiger partial charge < -0.3 is 10.0 Å². The van der Waals surface area contributed by atoms with Gasteiger partial charge in [-0.1, -0.05) is 18.2 Å². The molecule has 0 saturated carbocycles. The molecule has 0 spiro atoms. The molecule has 2 aromatic heterocycles. The van der Waals surface area contributed by atoms with Gasteiger partial charge in [-0.15, -0.1) is 10.2 Å². The quantitative estimate of drug-likeness (QED) is 0.770. The number of hydrogen-bond donors (Lipinski definition) is 1. The second kappa shape index (κ2) is 5.69. The van der Waals surface area contributed by atoms with Gasteiger partial charge in [0.05, 0.1) is 17.7 Å². The van der Waals surface area contributed by atoms with Crippen LogP contribution in [0, 0.1) is 0 Å². The molecule has 1 fully saturated rings. The van der Waals surface area contributed by atoms with Crippen LogP contribution in [0.4, 0.5) is 19.0 Å². The van der Waals surface area contributed by atoms with Crippen LogP contribution in [0.1, 0.15) is 23.6 Å². The number of anilines is 1. The number of aliphatic hydroxyl groups is 1. The Hall–Kier alpha value is -2.68. The Balaban J connectivity index is 1.84. The minimum absolute atomic E-state index is 0.120. The summed E-state index contributed by atoms with van der Waals surface area (Å²) in [5.74, 6) is 0.401. The molecule has 130 valence electrons. The van der Waals surface area contributed by atoms with Crippen LogP contribution in [0.2, 0.25) is 0 Å². The molecule has 0 amide bonds.